The van der Waals surface area contributed by atoms with Gasteiger partial charge in [0, 0.05) is 21.9 Å². The van der Waals surface area contributed by atoms with E-state index in [-0.39, 0.29) is 11.5 Å². The van der Waals surface area contributed by atoms with Crippen LogP contribution in [0.1, 0.15) is 34.6 Å². The number of hydrogen-bond acceptors (Lipinski definition) is 5. The van der Waals surface area contributed by atoms with E-state index in [0.717, 1.165) is 65.7 Å². The average molecular weight is 804 g/mol. The molecule has 0 aliphatic carbocycles. The van der Waals surface area contributed by atoms with Crippen LogP contribution in [0.5, 0.6) is 0 Å². The van der Waals surface area contributed by atoms with Gasteiger partial charge in [-0.05, 0) is 86.3 Å². The second kappa shape index (κ2) is 15.0. The molecule has 0 bridgehead atoms. The molecule has 0 radical (unpaired) electrons. The van der Waals surface area contributed by atoms with Crippen LogP contribution in [-0.2, 0) is 4.74 Å². The minimum atomic E-state index is -2.09. The van der Waals surface area contributed by atoms with Crippen molar-refractivity contribution in [3.8, 4) is 44.5 Å². The van der Waals surface area contributed by atoms with Crippen LogP contribution in [0.25, 0.3) is 88.0 Å². The van der Waals surface area contributed by atoms with E-state index in [1.54, 1.807) is 0 Å². The first-order valence-corrected chi connectivity index (χ1v) is 21.7. The molecule has 1 atom stereocenters. The first kappa shape index (κ1) is 37.9. The lowest BCUT2D eigenvalue weighted by atomic mass is 9.88. The summed E-state index contributed by atoms with van der Waals surface area (Å²) in [5.74, 6) is 0.548. The SMILES string of the molecule is CC(C)(Op1oc2c(-c3ccc(-c4ccccc4)cc3)cc3ccccc3c2c2c(o1)c(-c1ccc(-c3ccccc3)cc1)cc1ccccc12)C1=N[C@@H](C(C)(C)C)CO1. The van der Waals surface area contributed by atoms with E-state index >= 15 is 0 Å². The fourth-order valence-electron chi connectivity index (χ4n) is 8.29. The van der Waals surface area contributed by atoms with Crippen LogP contribution in [0.4, 0.5) is 0 Å². The number of aliphatic imine (C=N–C) groups is 1. The summed E-state index contributed by atoms with van der Waals surface area (Å²) in [6.07, 6.45) is 0. The molecule has 296 valence electrons. The molecule has 0 spiro atoms. The number of benzene rings is 8. The third kappa shape index (κ3) is 6.98. The molecule has 9 aromatic rings. The van der Waals surface area contributed by atoms with Gasteiger partial charge in [0.1, 0.15) is 6.61 Å². The predicted molar refractivity (Wildman–Crippen MR) is 250 cm³/mol. The fourth-order valence-corrected chi connectivity index (χ4v) is 9.53. The number of ether oxygens (including phenoxy) is 1. The van der Waals surface area contributed by atoms with E-state index in [1.807, 2.05) is 26.0 Å². The first-order chi connectivity index (χ1) is 29.1. The summed E-state index contributed by atoms with van der Waals surface area (Å²) in [5, 5.41) is 6.27. The van der Waals surface area contributed by atoms with E-state index in [9.17, 15) is 0 Å². The molecule has 5 nitrogen and oxygen atoms in total. The van der Waals surface area contributed by atoms with Gasteiger partial charge in [0.2, 0.25) is 5.90 Å². The molecule has 0 N–H and O–H groups in total. The van der Waals surface area contributed by atoms with Crippen LogP contribution in [0.3, 0.4) is 0 Å². The Labute approximate surface area is 351 Å². The van der Waals surface area contributed by atoms with E-state index < -0.39 is 13.8 Å². The lowest BCUT2D eigenvalue weighted by Crippen LogP contribution is -2.37. The highest BCUT2D eigenvalue weighted by Crippen LogP contribution is 2.48. The molecule has 1 aliphatic rings. The maximum atomic E-state index is 7.26. The summed E-state index contributed by atoms with van der Waals surface area (Å²) in [6.45, 7) is 11.0. The maximum absolute atomic E-state index is 7.26. The monoisotopic (exact) mass is 803 g/mol. The summed E-state index contributed by atoms with van der Waals surface area (Å²) in [7, 11) is -2.09. The molecule has 8 aromatic carbocycles. The van der Waals surface area contributed by atoms with Crippen LogP contribution < -0.4 is 4.52 Å². The lowest BCUT2D eigenvalue weighted by molar-refractivity contribution is 0.177. The fraction of sp³-hybridized carbons (Fsp3) is 0.167. The molecule has 6 heteroatoms. The van der Waals surface area contributed by atoms with Crippen molar-refractivity contribution in [3.05, 3.63) is 170 Å². The van der Waals surface area contributed by atoms with Gasteiger partial charge < -0.3 is 13.1 Å². The molecule has 0 unspecified atom stereocenters. The zero-order chi connectivity index (χ0) is 41.0. The van der Waals surface area contributed by atoms with Crippen molar-refractivity contribution in [3.63, 3.8) is 0 Å². The van der Waals surface area contributed by atoms with Gasteiger partial charge in [-0.25, -0.2) is 4.99 Å². The lowest BCUT2D eigenvalue weighted by Gasteiger charge is -2.22. The van der Waals surface area contributed by atoms with Crippen molar-refractivity contribution in [2.75, 3.05) is 6.61 Å². The smallest absolute Gasteiger partial charge is 0.388 e. The molecule has 1 aliphatic heterocycles. The minimum Gasteiger partial charge on any atom is -0.477 e. The molecule has 0 fully saturated rings. The van der Waals surface area contributed by atoms with Gasteiger partial charge in [-0.1, -0.05) is 178 Å². The van der Waals surface area contributed by atoms with Gasteiger partial charge in [-0.2, -0.15) is 0 Å². The van der Waals surface area contributed by atoms with E-state index in [1.165, 1.54) is 11.1 Å². The number of hydrogen-bond donors (Lipinski definition) is 0. The van der Waals surface area contributed by atoms with Crippen molar-refractivity contribution in [1.29, 1.82) is 0 Å². The van der Waals surface area contributed by atoms with Gasteiger partial charge in [0.05, 0.1) is 6.04 Å². The summed E-state index contributed by atoms with van der Waals surface area (Å²) in [6, 6.07) is 60.0. The summed E-state index contributed by atoms with van der Waals surface area (Å²) < 4.78 is 27.9. The quantitative estimate of drug-likeness (QED) is 0.161. The second-order valence-electron chi connectivity index (χ2n) is 17.2. The van der Waals surface area contributed by atoms with Crippen molar-refractivity contribution >= 4 is 57.6 Å². The van der Waals surface area contributed by atoms with Gasteiger partial charge in [-0.15, -0.1) is 0 Å². The minimum absolute atomic E-state index is 0.00854. The highest BCUT2D eigenvalue weighted by atomic mass is 31.1. The Kier molecular flexibility index (Phi) is 9.47. The van der Waals surface area contributed by atoms with Crippen molar-refractivity contribution in [2.24, 2.45) is 10.4 Å². The van der Waals surface area contributed by atoms with Crippen LogP contribution in [0, 0.1) is 5.41 Å². The Morgan fingerprint density at radius 3 is 1.33 bits per heavy atom. The van der Waals surface area contributed by atoms with Crippen LogP contribution in [0.2, 0.25) is 0 Å². The Hall–Kier alpha value is -6.39. The topological polar surface area (TPSA) is 57.1 Å². The highest BCUT2D eigenvalue weighted by Gasteiger charge is 2.39. The van der Waals surface area contributed by atoms with E-state index in [4.69, 9.17) is 22.6 Å². The van der Waals surface area contributed by atoms with Gasteiger partial charge in [0.25, 0.3) is 0 Å². The van der Waals surface area contributed by atoms with E-state index in [0.29, 0.717) is 23.7 Å². The summed E-state index contributed by atoms with van der Waals surface area (Å²) >= 11 is 0. The molecule has 0 amide bonds. The van der Waals surface area contributed by atoms with Crippen molar-refractivity contribution < 1.29 is 17.7 Å². The number of fused-ring (bicyclic) bond motifs is 7. The van der Waals surface area contributed by atoms with Gasteiger partial charge in [0.15, 0.2) is 16.8 Å². The standard InChI is InChI=1S/C54H46NO4P/c1-53(2,3)47-34-56-52(55-47)54(4,5)59-60-57-50-45(39-28-24-37(25-29-39)35-16-8-6-9-17-35)32-41-20-12-14-22-43(41)48(50)49-44-23-15-13-21-42(44)33-46(51(49)58-60)40-30-26-38(27-31-40)36-18-10-7-11-19-36/h6-33,47H,34H2,1-5H3/t47-/m1/s1. The normalized spacial score (nSPS) is 14.5. The zero-order valence-corrected chi connectivity index (χ0v) is 35.4. The van der Waals surface area contributed by atoms with Crippen LogP contribution in [-0.4, -0.2) is 24.1 Å². The highest BCUT2D eigenvalue weighted by molar-refractivity contribution is 7.32. The van der Waals surface area contributed by atoms with Crippen molar-refractivity contribution in [1.82, 2.24) is 0 Å². The number of nitrogens with zero attached hydrogens (tertiary/aromatic N) is 1. The Bertz CT molecular complexity index is 2920. The van der Waals surface area contributed by atoms with Crippen LogP contribution in [0.15, 0.2) is 183 Å². The third-order valence-electron chi connectivity index (χ3n) is 11.7. The third-order valence-corrected chi connectivity index (χ3v) is 12.9. The first-order valence-electron chi connectivity index (χ1n) is 20.6. The van der Waals surface area contributed by atoms with E-state index in [2.05, 4.69) is 178 Å². The van der Waals surface area contributed by atoms with Crippen LogP contribution >= 0.6 is 8.24 Å². The molecule has 2 heterocycles. The maximum Gasteiger partial charge on any atom is 0.388 e. The van der Waals surface area contributed by atoms with Crippen molar-refractivity contribution in [2.45, 2.75) is 46.3 Å². The molecule has 0 saturated carbocycles. The zero-order valence-electron chi connectivity index (χ0n) is 34.5. The average Bonchev–Trinajstić information content (AvgIpc) is 3.74. The predicted octanol–water partition coefficient (Wildman–Crippen LogP) is 15.3. The van der Waals surface area contributed by atoms with Gasteiger partial charge >= 0.3 is 8.24 Å². The Morgan fingerprint density at radius 1 is 0.500 bits per heavy atom. The number of rotatable bonds is 7. The Morgan fingerprint density at radius 2 is 0.900 bits per heavy atom. The second-order valence-corrected chi connectivity index (χ2v) is 18.2. The molecule has 0 saturated heterocycles. The molecular formula is C54H46NO4P. The molecule has 1 aromatic heterocycles. The molecule has 60 heavy (non-hydrogen) atoms. The molecular weight excluding hydrogens is 758 g/mol. The largest absolute Gasteiger partial charge is 0.477 e. The van der Waals surface area contributed by atoms with Gasteiger partial charge in [-0.3, -0.25) is 4.52 Å². The summed E-state index contributed by atoms with van der Waals surface area (Å²) in [4.78, 5) is 5.06. The molecule has 10 rings (SSSR count). The Balaban J connectivity index is 1.29. The summed E-state index contributed by atoms with van der Waals surface area (Å²) in [5.41, 5.74) is 9.01.